The van der Waals surface area contributed by atoms with Gasteiger partial charge in [-0.2, -0.15) is 0 Å². The van der Waals surface area contributed by atoms with Gasteiger partial charge in [-0.1, -0.05) is 24.3 Å². The number of nitro benzene ring substituents is 1. The zero-order chi connectivity index (χ0) is 17.1. The third-order valence-corrected chi connectivity index (χ3v) is 3.70. The highest BCUT2D eigenvalue weighted by molar-refractivity contribution is 5.96. The van der Waals surface area contributed by atoms with Crippen LogP contribution in [0.4, 0.5) is 5.69 Å². The molecule has 1 aromatic heterocycles. The van der Waals surface area contributed by atoms with Crippen LogP contribution in [0.25, 0.3) is 11.4 Å². The molecule has 0 saturated carbocycles. The number of nitrogen functional groups attached to an aromatic ring is 1. The Hall–Kier alpha value is -3.48. The van der Waals surface area contributed by atoms with Gasteiger partial charge in [0.25, 0.3) is 5.69 Å². The van der Waals surface area contributed by atoms with Crippen molar-refractivity contribution in [3.05, 3.63) is 82.2 Å². The number of benzene rings is 2. The van der Waals surface area contributed by atoms with Crippen LogP contribution in [0.5, 0.6) is 0 Å². The van der Waals surface area contributed by atoms with Crippen molar-refractivity contribution in [3.63, 3.8) is 0 Å². The number of nitrogens with two attached hydrogens (primary N) is 1. The topological polar surface area (TPSA) is 111 Å². The number of rotatable bonds is 5. The number of nitro groups is 1. The normalized spacial score (nSPS) is 10.5. The van der Waals surface area contributed by atoms with Gasteiger partial charge in [-0.25, -0.2) is 4.98 Å². The van der Waals surface area contributed by atoms with Crippen molar-refractivity contribution in [3.8, 4) is 11.4 Å². The van der Waals surface area contributed by atoms with E-state index in [0.29, 0.717) is 17.9 Å². The number of nitrogens with one attached hydrogen (secondary N) is 1. The molecular formula is C17H15N5O2. The Morgan fingerprint density at radius 1 is 1.21 bits per heavy atom. The van der Waals surface area contributed by atoms with E-state index >= 15 is 0 Å². The lowest BCUT2D eigenvalue weighted by Crippen LogP contribution is -2.15. The maximum atomic E-state index is 10.8. The van der Waals surface area contributed by atoms with Crippen molar-refractivity contribution >= 4 is 11.5 Å². The molecule has 3 aromatic rings. The number of aromatic nitrogens is 2. The Balaban J connectivity index is 1.94. The summed E-state index contributed by atoms with van der Waals surface area (Å²) in [6.45, 7) is 0.502. The third kappa shape index (κ3) is 3.00. The lowest BCUT2D eigenvalue weighted by molar-refractivity contribution is -0.384. The van der Waals surface area contributed by atoms with Crippen LogP contribution in [0.15, 0.2) is 60.9 Å². The molecule has 3 N–H and O–H groups in total. The van der Waals surface area contributed by atoms with Gasteiger partial charge in [0.15, 0.2) is 0 Å². The van der Waals surface area contributed by atoms with Gasteiger partial charge in [-0.15, -0.1) is 0 Å². The van der Waals surface area contributed by atoms with Crippen LogP contribution in [0.2, 0.25) is 0 Å². The summed E-state index contributed by atoms with van der Waals surface area (Å²) in [5.74, 6) is 0.714. The van der Waals surface area contributed by atoms with Crippen molar-refractivity contribution in [1.29, 1.82) is 5.41 Å². The van der Waals surface area contributed by atoms with Crippen molar-refractivity contribution in [2.24, 2.45) is 5.73 Å². The van der Waals surface area contributed by atoms with Gasteiger partial charge < -0.3 is 10.3 Å². The summed E-state index contributed by atoms with van der Waals surface area (Å²) in [5.41, 5.74) is 8.05. The second-order valence-corrected chi connectivity index (χ2v) is 5.25. The molecule has 24 heavy (non-hydrogen) atoms. The van der Waals surface area contributed by atoms with Crippen molar-refractivity contribution < 1.29 is 4.92 Å². The van der Waals surface area contributed by atoms with Crippen molar-refractivity contribution in [2.45, 2.75) is 6.54 Å². The average Bonchev–Trinajstić information content (AvgIpc) is 3.03. The molecule has 0 radical (unpaired) electrons. The molecule has 0 spiro atoms. The van der Waals surface area contributed by atoms with E-state index in [2.05, 4.69) is 4.98 Å². The molecule has 2 aromatic carbocycles. The largest absolute Gasteiger partial charge is 0.384 e. The molecule has 120 valence electrons. The van der Waals surface area contributed by atoms with Gasteiger partial charge in [-0.3, -0.25) is 15.5 Å². The highest BCUT2D eigenvalue weighted by Gasteiger charge is 2.11. The van der Waals surface area contributed by atoms with E-state index in [4.69, 9.17) is 11.1 Å². The SMILES string of the molecule is N=C(N)c1ccccc1Cn1ccnc1-c1ccc([N+](=O)[O-])cc1. The maximum Gasteiger partial charge on any atom is 0.269 e. The van der Waals surface area contributed by atoms with Crippen LogP contribution in [0.1, 0.15) is 11.1 Å². The molecule has 7 heteroatoms. The Kier molecular flexibility index (Phi) is 4.07. The minimum atomic E-state index is -0.431. The molecule has 0 aliphatic carbocycles. The Labute approximate surface area is 138 Å². The van der Waals surface area contributed by atoms with E-state index < -0.39 is 4.92 Å². The Bertz CT molecular complexity index is 899. The highest BCUT2D eigenvalue weighted by Crippen LogP contribution is 2.22. The van der Waals surface area contributed by atoms with Gasteiger partial charge in [-0.05, 0) is 17.7 Å². The standard InChI is InChI=1S/C17H15N5O2/c18-16(19)15-4-2-1-3-13(15)11-21-10-9-20-17(21)12-5-7-14(8-6-12)22(23)24/h1-10H,11H2,(H3,18,19). The highest BCUT2D eigenvalue weighted by atomic mass is 16.6. The minimum Gasteiger partial charge on any atom is -0.384 e. The first-order chi connectivity index (χ1) is 11.6. The fraction of sp³-hybridized carbons (Fsp3) is 0.0588. The molecule has 0 saturated heterocycles. The van der Waals surface area contributed by atoms with Gasteiger partial charge in [0, 0.05) is 42.2 Å². The second kappa shape index (κ2) is 6.33. The Morgan fingerprint density at radius 2 is 1.92 bits per heavy atom. The van der Waals surface area contributed by atoms with E-state index in [1.807, 2.05) is 29.0 Å². The summed E-state index contributed by atoms with van der Waals surface area (Å²) in [5, 5.41) is 18.4. The van der Waals surface area contributed by atoms with Crippen molar-refractivity contribution in [1.82, 2.24) is 9.55 Å². The summed E-state index contributed by atoms with van der Waals surface area (Å²) in [7, 11) is 0. The molecule has 0 bridgehead atoms. The summed E-state index contributed by atoms with van der Waals surface area (Å²) < 4.78 is 1.92. The Morgan fingerprint density at radius 3 is 2.58 bits per heavy atom. The first-order valence-electron chi connectivity index (χ1n) is 7.24. The summed E-state index contributed by atoms with van der Waals surface area (Å²) in [6, 6.07) is 13.7. The molecular weight excluding hydrogens is 306 g/mol. The molecule has 3 rings (SSSR count). The zero-order valence-corrected chi connectivity index (χ0v) is 12.7. The first kappa shape index (κ1) is 15.4. The monoisotopic (exact) mass is 321 g/mol. The molecule has 0 fully saturated rings. The number of nitrogens with zero attached hydrogens (tertiary/aromatic N) is 3. The van der Waals surface area contributed by atoms with Gasteiger partial charge in [0.1, 0.15) is 11.7 Å². The number of imidazole rings is 1. The van der Waals surface area contributed by atoms with E-state index in [9.17, 15) is 10.1 Å². The van der Waals surface area contributed by atoms with Gasteiger partial charge >= 0.3 is 0 Å². The number of non-ortho nitro benzene ring substituents is 1. The van der Waals surface area contributed by atoms with Crippen molar-refractivity contribution in [2.75, 3.05) is 0 Å². The third-order valence-electron chi connectivity index (χ3n) is 3.70. The van der Waals surface area contributed by atoms with E-state index in [0.717, 1.165) is 11.1 Å². The maximum absolute atomic E-state index is 10.8. The van der Waals surface area contributed by atoms with Crippen LogP contribution < -0.4 is 5.73 Å². The summed E-state index contributed by atoms with van der Waals surface area (Å²) in [6.07, 6.45) is 3.50. The minimum absolute atomic E-state index is 0.0163. The predicted octanol–water partition coefficient (Wildman–Crippen LogP) is 2.79. The molecule has 0 atom stereocenters. The number of hydrogen-bond donors (Lipinski definition) is 2. The molecule has 0 aliphatic rings. The molecule has 7 nitrogen and oxygen atoms in total. The van der Waals surface area contributed by atoms with E-state index in [1.165, 1.54) is 12.1 Å². The number of hydrogen-bond acceptors (Lipinski definition) is 4. The quantitative estimate of drug-likeness (QED) is 0.326. The van der Waals surface area contributed by atoms with Crippen LogP contribution >= 0.6 is 0 Å². The number of amidine groups is 1. The first-order valence-corrected chi connectivity index (χ1v) is 7.24. The molecule has 1 heterocycles. The van der Waals surface area contributed by atoms with Crippen LogP contribution in [-0.2, 0) is 6.54 Å². The lowest BCUT2D eigenvalue weighted by Gasteiger charge is -2.11. The van der Waals surface area contributed by atoms with Crippen LogP contribution in [0, 0.1) is 15.5 Å². The smallest absolute Gasteiger partial charge is 0.269 e. The van der Waals surface area contributed by atoms with E-state index in [-0.39, 0.29) is 11.5 Å². The van der Waals surface area contributed by atoms with Crippen LogP contribution in [-0.4, -0.2) is 20.3 Å². The lowest BCUT2D eigenvalue weighted by atomic mass is 10.1. The fourth-order valence-corrected chi connectivity index (χ4v) is 2.53. The zero-order valence-electron chi connectivity index (χ0n) is 12.7. The molecule has 0 unspecified atom stereocenters. The van der Waals surface area contributed by atoms with E-state index in [1.54, 1.807) is 24.4 Å². The molecule has 0 aliphatic heterocycles. The predicted molar refractivity (Wildman–Crippen MR) is 90.9 cm³/mol. The fourth-order valence-electron chi connectivity index (χ4n) is 2.53. The summed E-state index contributed by atoms with van der Waals surface area (Å²) >= 11 is 0. The molecule has 0 amide bonds. The van der Waals surface area contributed by atoms with Crippen LogP contribution in [0.3, 0.4) is 0 Å². The van der Waals surface area contributed by atoms with Gasteiger partial charge in [0.05, 0.1) is 4.92 Å². The average molecular weight is 321 g/mol. The summed E-state index contributed by atoms with van der Waals surface area (Å²) in [4.78, 5) is 14.7. The second-order valence-electron chi connectivity index (χ2n) is 5.25. The van der Waals surface area contributed by atoms with Gasteiger partial charge in [0.2, 0.25) is 0 Å².